The maximum Gasteiger partial charge on any atom is 0.303 e. The van der Waals surface area contributed by atoms with Crippen LogP contribution in [-0.4, -0.2) is 59.5 Å². The van der Waals surface area contributed by atoms with Gasteiger partial charge in [0.15, 0.2) is 23.7 Å². The Hall–Kier alpha value is -3.53. The highest BCUT2D eigenvalue weighted by atomic mass is 32.2. The van der Waals surface area contributed by atoms with Gasteiger partial charge in [-0.2, -0.15) is 0 Å². The average Bonchev–Trinajstić information content (AvgIpc) is 2.83. The van der Waals surface area contributed by atoms with E-state index in [0.717, 1.165) is 16.7 Å². The van der Waals surface area contributed by atoms with E-state index in [0.29, 0.717) is 12.2 Å². The standard InChI is InChI=1S/C28H32O9S/c1-16-10-12-21(13-11-16)14-22-8-6-7-9-23(22)37-28-27(36-20(5)32)26(35-19(4)31)25(34-18(3)30)24(38-28)15-33-17(2)29/h6-13,24-28H,14-15H2,1-5H3/t24-,25-,26+,27-,28-/m1/s1. The monoisotopic (exact) mass is 544 g/mol. The summed E-state index contributed by atoms with van der Waals surface area (Å²) in [5.74, 6) is -1.92. The molecule has 38 heavy (non-hydrogen) atoms. The molecule has 10 heteroatoms. The van der Waals surface area contributed by atoms with Gasteiger partial charge in [0.05, 0.1) is 5.25 Å². The van der Waals surface area contributed by atoms with E-state index >= 15 is 0 Å². The van der Waals surface area contributed by atoms with Crippen LogP contribution in [0, 0.1) is 6.92 Å². The first-order valence-corrected chi connectivity index (χ1v) is 13.1. The van der Waals surface area contributed by atoms with E-state index in [1.807, 2.05) is 49.4 Å². The van der Waals surface area contributed by atoms with E-state index in [1.165, 1.54) is 39.5 Å². The van der Waals surface area contributed by atoms with E-state index in [9.17, 15) is 19.2 Å². The number of carbonyl (C=O) groups is 4. The zero-order chi connectivity index (χ0) is 27.8. The van der Waals surface area contributed by atoms with Gasteiger partial charge in [-0.25, -0.2) is 0 Å². The van der Waals surface area contributed by atoms with Crippen LogP contribution in [0.2, 0.25) is 0 Å². The lowest BCUT2D eigenvalue weighted by Gasteiger charge is -2.43. The molecule has 0 N–H and O–H groups in total. The molecule has 0 saturated carbocycles. The van der Waals surface area contributed by atoms with Gasteiger partial charge in [-0.15, -0.1) is 11.8 Å². The normalized spacial score (nSPS) is 22.6. The van der Waals surface area contributed by atoms with Crippen molar-refractivity contribution in [1.82, 2.24) is 0 Å². The lowest BCUT2D eigenvalue weighted by atomic mass is 10.0. The fourth-order valence-electron chi connectivity index (χ4n) is 4.10. The number of rotatable bonds is 9. The molecule has 2 aromatic carbocycles. The Morgan fingerprint density at radius 1 is 0.737 bits per heavy atom. The first-order valence-electron chi connectivity index (χ1n) is 12.1. The fourth-order valence-corrected chi connectivity index (χ4v) is 5.48. The number of benzene rings is 2. The Bertz CT molecular complexity index is 1150. The number of thioether (sulfide) groups is 1. The molecule has 0 bridgehead atoms. The predicted molar refractivity (Wildman–Crippen MR) is 140 cm³/mol. The molecule has 0 amide bonds. The number of para-hydroxylation sites is 1. The van der Waals surface area contributed by atoms with Gasteiger partial charge in [0.2, 0.25) is 0 Å². The summed E-state index contributed by atoms with van der Waals surface area (Å²) in [5.41, 5.74) is 2.25. The molecular weight excluding hydrogens is 512 g/mol. The zero-order valence-corrected chi connectivity index (χ0v) is 22.8. The van der Waals surface area contributed by atoms with E-state index in [2.05, 4.69) is 0 Å². The number of esters is 4. The van der Waals surface area contributed by atoms with Gasteiger partial charge in [0, 0.05) is 34.1 Å². The van der Waals surface area contributed by atoms with Gasteiger partial charge in [0.1, 0.15) is 12.4 Å². The largest absolute Gasteiger partial charge is 0.475 e. The maximum atomic E-state index is 12.1. The third-order valence-electron chi connectivity index (χ3n) is 5.68. The first-order chi connectivity index (χ1) is 18.0. The SMILES string of the molecule is CC(=O)OC[C@H]1S[C@@H](Oc2ccccc2Cc2ccc(C)cc2)[C@H](OC(C)=O)[C@@H](OC(C)=O)[C@@H]1OC(C)=O. The summed E-state index contributed by atoms with van der Waals surface area (Å²) in [5, 5.41) is -0.673. The molecule has 5 atom stereocenters. The Kier molecular flexibility index (Phi) is 10.2. The Labute approximate surface area is 226 Å². The summed E-state index contributed by atoms with van der Waals surface area (Å²) in [6, 6.07) is 15.6. The van der Waals surface area contributed by atoms with Crippen molar-refractivity contribution in [2.24, 2.45) is 0 Å². The van der Waals surface area contributed by atoms with Crippen LogP contribution in [-0.2, 0) is 44.5 Å². The second kappa shape index (κ2) is 13.3. The molecule has 1 heterocycles. The Morgan fingerprint density at radius 3 is 1.92 bits per heavy atom. The number of ether oxygens (including phenoxy) is 5. The van der Waals surface area contributed by atoms with Gasteiger partial charge >= 0.3 is 23.9 Å². The summed E-state index contributed by atoms with van der Waals surface area (Å²) in [6.45, 7) is 6.77. The van der Waals surface area contributed by atoms with Crippen molar-refractivity contribution in [3.63, 3.8) is 0 Å². The fraction of sp³-hybridized carbons (Fsp3) is 0.429. The minimum Gasteiger partial charge on any atom is -0.475 e. The molecule has 0 radical (unpaired) electrons. The molecule has 0 aromatic heterocycles. The summed E-state index contributed by atoms with van der Waals surface area (Å²) in [4.78, 5) is 47.7. The third kappa shape index (κ3) is 8.24. The van der Waals surface area contributed by atoms with Crippen LogP contribution in [0.5, 0.6) is 5.75 Å². The molecular formula is C28H32O9S. The van der Waals surface area contributed by atoms with Crippen molar-refractivity contribution in [2.75, 3.05) is 6.61 Å². The quantitative estimate of drug-likeness (QED) is 0.341. The van der Waals surface area contributed by atoms with Crippen LogP contribution in [0.25, 0.3) is 0 Å². The number of carbonyl (C=O) groups excluding carboxylic acids is 4. The Balaban J connectivity index is 1.98. The van der Waals surface area contributed by atoms with E-state index in [4.69, 9.17) is 23.7 Å². The minimum absolute atomic E-state index is 0.145. The molecule has 204 valence electrons. The lowest BCUT2D eigenvalue weighted by Crippen LogP contribution is -2.59. The number of hydrogen-bond donors (Lipinski definition) is 0. The zero-order valence-electron chi connectivity index (χ0n) is 22.0. The highest BCUT2D eigenvalue weighted by Crippen LogP contribution is 2.40. The van der Waals surface area contributed by atoms with Crippen LogP contribution in [0.1, 0.15) is 44.4 Å². The highest BCUT2D eigenvalue weighted by Gasteiger charge is 2.53. The molecule has 0 aliphatic carbocycles. The first kappa shape index (κ1) is 29.0. The van der Waals surface area contributed by atoms with Gasteiger partial charge in [-0.05, 0) is 24.1 Å². The highest BCUT2D eigenvalue weighted by molar-refractivity contribution is 8.00. The topological polar surface area (TPSA) is 114 Å². The van der Waals surface area contributed by atoms with Crippen LogP contribution < -0.4 is 4.74 Å². The van der Waals surface area contributed by atoms with E-state index in [1.54, 1.807) is 6.07 Å². The smallest absolute Gasteiger partial charge is 0.303 e. The average molecular weight is 545 g/mol. The van der Waals surface area contributed by atoms with E-state index < -0.39 is 52.9 Å². The Morgan fingerprint density at radius 2 is 1.32 bits per heavy atom. The van der Waals surface area contributed by atoms with Crippen molar-refractivity contribution in [3.8, 4) is 5.75 Å². The summed E-state index contributed by atoms with van der Waals surface area (Å²) >= 11 is 1.17. The van der Waals surface area contributed by atoms with Gasteiger partial charge in [0.25, 0.3) is 0 Å². The third-order valence-corrected chi connectivity index (χ3v) is 7.07. The predicted octanol–water partition coefficient (Wildman–Crippen LogP) is 3.76. The summed E-state index contributed by atoms with van der Waals surface area (Å²) in [7, 11) is 0. The molecule has 1 aliphatic heterocycles. The molecule has 1 aliphatic rings. The van der Waals surface area contributed by atoms with Crippen LogP contribution in [0.3, 0.4) is 0 Å². The molecule has 0 unspecified atom stereocenters. The molecule has 9 nitrogen and oxygen atoms in total. The second-order valence-corrected chi connectivity index (χ2v) is 10.3. The van der Waals surface area contributed by atoms with Crippen LogP contribution in [0.4, 0.5) is 0 Å². The maximum absolute atomic E-state index is 12.1. The van der Waals surface area contributed by atoms with Crippen molar-refractivity contribution >= 4 is 35.6 Å². The molecule has 3 rings (SSSR count). The molecule has 2 aromatic rings. The number of aryl methyl sites for hydroxylation is 1. The van der Waals surface area contributed by atoms with Crippen molar-refractivity contribution in [3.05, 3.63) is 65.2 Å². The van der Waals surface area contributed by atoms with Gasteiger partial charge in [-0.3, -0.25) is 19.2 Å². The molecule has 0 spiro atoms. The van der Waals surface area contributed by atoms with Crippen molar-refractivity contribution in [2.45, 2.75) is 70.0 Å². The lowest BCUT2D eigenvalue weighted by molar-refractivity contribution is -0.190. The summed E-state index contributed by atoms with van der Waals surface area (Å²) < 4.78 is 28.2. The number of hydrogen-bond acceptors (Lipinski definition) is 10. The van der Waals surface area contributed by atoms with Crippen LogP contribution >= 0.6 is 11.8 Å². The van der Waals surface area contributed by atoms with Crippen molar-refractivity contribution in [1.29, 1.82) is 0 Å². The van der Waals surface area contributed by atoms with Crippen molar-refractivity contribution < 1.29 is 42.9 Å². The molecule has 1 fully saturated rings. The second-order valence-electron chi connectivity index (χ2n) is 8.96. The van der Waals surface area contributed by atoms with Gasteiger partial charge < -0.3 is 23.7 Å². The minimum atomic E-state index is -1.20. The van der Waals surface area contributed by atoms with E-state index in [-0.39, 0.29) is 6.61 Å². The van der Waals surface area contributed by atoms with Crippen LogP contribution in [0.15, 0.2) is 48.5 Å². The van der Waals surface area contributed by atoms with Gasteiger partial charge in [-0.1, -0.05) is 48.0 Å². The summed E-state index contributed by atoms with van der Waals surface area (Å²) in [6.07, 6.45) is -2.79. The molecule has 1 saturated heterocycles.